The lowest BCUT2D eigenvalue weighted by molar-refractivity contribution is -0.114. The van der Waals surface area contributed by atoms with Crippen molar-refractivity contribution < 1.29 is 18.0 Å². The number of hydrogen-bond acceptors (Lipinski definition) is 4. The highest BCUT2D eigenvalue weighted by Gasteiger charge is 2.33. The van der Waals surface area contributed by atoms with Gasteiger partial charge >= 0.3 is 6.03 Å². The molecule has 2 rings (SSSR count). The molecule has 1 fully saturated rings. The summed E-state index contributed by atoms with van der Waals surface area (Å²) in [6.07, 6.45) is 0.468. The van der Waals surface area contributed by atoms with E-state index < -0.39 is 9.84 Å². The molecule has 0 bridgehead atoms. The zero-order valence-corrected chi connectivity index (χ0v) is 14.0. The van der Waals surface area contributed by atoms with E-state index in [9.17, 15) is 18.0 Å². The van der Waals surface area contributed by atoms with E-state index in [1.807, 2.05) is 6.92 Å². The van der Waals surface area contributed by atoms with Crippen LogP contribution in [0.2, 0.25) is 0 Å². The maximum atomic E-state index is 12.4. The second-order valence-electron chi connectivity index (χ2n) is 5.54. The molecule has 0 radical (unpaired) electrons. The monoisotopic (exact) mass is 339 g/mol. The van der Waals surface area contributed by atoms with Crippen LogP contribution in [-0.2, 0) is 14.6 Å². The van der Waals surface area contributed by atoms with Gasteiger partial charge in [-0.05, 0) is 31.5 Å². The van der Waals surface area contributed by atoms with Crippen molar-refractivity contribution in [3.63, 3.8) is 0 Å². The number of hydrogen-bond donors (Lipinski definition) is 2. The maximum Gasteiger partial charge on any atom is 0.322 e. The van der Waals surface area contributed by atoms with Crippen LogP contribution in [0.4, 0.5) is 16.2 Å². The topological polar surface area (TPSA) is 95.6 Å². The van der Waals surface area contributed by atoms with Crippen LogP contribution in [0.1, 0.15) is 20.3 Å². The number of sulfone groups is 1. The van der Waals surface area contributed by atoms with Gasteiger partial charge in [0.15, 0.2) is 9.84 Å². The molecule has 1 atom stereocenters. The molecule has 0 saturated carbocycles. The molecule has 3 amide bonds. The standard InChI is InChI=1S/C15H21N3O4S/c1-3-18(14-7-8-23(21,22)10-14)15(20)17-13-6-4-5-12(9-13)16-11(2)19/h4-6,9,14H,3,7-8,10H2,1-2H3,(H,16,19)(H,17,20). The van der Waals surface area contributed by atoms with Gasteiger partial charge in [0, 0.05) is 30.9 Å². The van der Waals surface area contributed by atoms with Crippen molar-refractivity contribution in [2.45, 2.75) is 26.3 Å². The van der Waals surface area contributed by atoms with Gasteiger partial charge in [-0.2, -0.15) is 0 Å². The van der Waals surface area contributed by atoms with Crippen LogP contribution in [0, 0.1) is 0 Å². The second kappa shape index (κ2) is 6.99. The number of amides is 3. The summed E-state index contributed by atoms with van der Waals surface area (Å²) >= 11 is 0. The number of anilines is 2. The smallest absolute Gasteiger partial charge is 0.322 e. The molecule has 126 valence electrons. The molecule has 1 aromatic carbocycles. The summed E-state index contributed by atoms with van der Waals surface area (Å²) < 4.78 is 23.2. The minimum atomic E-state index is -3.05. The molecular formula is C15H21N3O4S. The van der Waals surface area contributed by atoms with E-state index in [0.29, 0.717) is 24.3 Å². The molecule has 0 aliphatic carbocycles. The molecule has 23 heavy (non-hydrogen) atoms. The van der Waals surface area contributed by atoms with Gasteiger partial charge in [-0.15, -0.1) is 0 Å². The molecule has 2 N–H and O–H groups in total. The Morgan fingerprint density at radius 2 is 1.91 bits per heavy atom. The van der Waals surface area contributed by atoms with Crippen molar-refractivity contribution in [1.82, 2.24) is 4.90 Å². The highest BCUT2D eigenvalue weighted by Crippen LogP contribution is 2.20. The Kier molecular flexibility index (Phi) is 5.25. The molecule has 1 saturated heterocycles. The van der Waals surface area contributed by atoms with Gasteiger partial charge in [0.1, 0.15) is 0 Å². The van der Waals surface area contributed by atoms with Crippen molar-refractivity contribution in [3.8, 4) is 0 Å². The van der Waals surface area contributed by atoms with E-state index in [2.05, 4.69) is 10.6 Å². The molecule has 1 unspecified atom stereocenters. The van der Waals surface area contributed by atoms with E-state index in [1.54, 1.807) is 24.3 Å². The van der Waals surface area contributed by atoms with E-state index in [0.717, 1.165) is 0 Å². The van der Waals surface area contributed by atoms with Crippen LogP contribution in [0.25, 0.3) is 0 Å². The SMILES string of the molecule is CCN(C(=O)Nc1cccc(NC(C)=O)c1)C1CCS(=O)(=O)C1. The summed E-state index contributed by atoms with van der Waals surface area (Å²) in [5.74, 6) is -0.0561. The number of carbonyl (C=O) groups excluding carboxylic acids is 2. The van der Waals surface area contributed by atoms with E-state index in [4.69, 9.17) is 0 Å². The van der Waals surface area contributed by atoms with Gasteiger partial charge in [0.25, 0.3) is 0 Å². The summed E-state index contributed by atoms with van der Waals surface area (Å²) in [6.45, 7) is 3.65. The zero-order chi connectivity index (χ0) is 17.0. The lowest BCUT2D eigenvalue weighted by atomic mass is 10.2. The van der Waals surface area contributed by atoms with Crippen LogP contribution in [-0.4, -0.2) is 49.3 Å². The summed E-state index contributed by atoms with van der Waals surface area (Å²) in [4.78, 5) is 25.0. The fourth-order valence-electron chi connectivity index (χ4n) is 2.66. The molecule has 1 aliphatic rings. The Balaban J connectivity index is 2.06. The van der Waals surface area contributed by atoms with Crippen LogP contribution >= 0.6 is 0 Å². The quantitative estimate of drug-likeness (QED) is 0.872. The van der Waals surface area contributed by atoms with Crippen LogP contribution in [0.15, 0.2) is 24.3 Å². The first-order valence-electron chi connectivity index (χ1n) is 7.46. The van der Waals surface area contributed by atoms with Crippen LogP contribution in [0.3, 0.4) is 0 Å². The van der Waals surface area contributed by atoms with Crippen molar-refractivity contribution >= 4 is 33.2 Å². The number of nitrogens with one attached hydrogen (secondary N) is 2. The minimum Gasteiger partial charge on any atom is -0.326 e. The largest absolute Gasteiger partial charge is 0.326 e. The van der Waals surface area contributed by atoms with Crippen molar-refractivity contribution in [3.05, 3.63) is 24.3 Å². The van der Waals surface area contributed by atoms with Gasteiger partial charge < -0.3 is 15.5 Å². The first-order valence-corrected chi connectivity index (χ1v) is 9.28. The summed E-state index contributed by atoms with van der Waals surface area (Å²) in [6, 6.07) is 6.18. The molecule has 1 heterocycles. The second-order valence-corrected chi connectivity index (χ2v) is 7.76. The molecule has 8 heteroatoms. The third-order valence-electron chi connectivity index (χ3n) is 3.68. The Labute approximate surface area is 136 Å². The maximum absolute atomic E-state index is 12.4. The average Bonchev–Trinajstić information content (AvgIpc) is 2.79. The molecule has 1 aromatic rings. The molecule has 0 spiro atoms. The summed E-state index contributed by atoms with van der Waals surface area (Å²) in [5.41, 5.74) is 1.13. The van der Waals surface area contributed by atoms with Gasteiger partial charge in [-0.3, -0.25) is 4.79 Å². The number of benzene rings is 1. The first-order chi connectivity index (χ1) is 10.8. The van der Waals surface area contributed by atoms with E-state index in [-0.39, 0.29) is 29.5 Å². The van der Waals surface area contributed by atoms with Crippen molar-refractivity contribution in [2.75, 3.05) is 28.7 Å². The predicted molar refractivity (Wildman–Crippen MR) is 89.2 cm³/mol. The Bertz CT molecular complexity index is 702. The van der Waals surface area contributed by atoms with E-state index >= 15 is 0 Å². The van der Waals surface area contributed by atoms with Gasteiger partial charge in [0.2, 0.25) is 5.91 Å². The number of nitrogens with zero attached hydrogens (tertiary/aromatic N) is 1. The first kappa shape index (κ1) is 17.3. The third kappa shape index (κ3) is 4.69. The Hall–Kier alpha value is -2.09. The van der Waals surface area contributed by atoms with E-state index in [1.165, 1.54) is 11.8 Å². The van der Waals surface area contributed by atoms with Crippen molar-refractivity contribution in [1.29, 1.82) is 0 Å². The van der Waals surface area contributed by atoms with Gasteiger partial charge in [0.05, 0.1) is 11.5 Å². The molecule has 0 aromatic heterocycles. The molecule has 1 aliphatic heterocycles. The summed E-state index contributed by atoms with van der Waals surface area (Å²) in [7, 11) is -3.05. The van der Waals surface area contributed by atoms with Crippen LogP contribution < -0.4 is 10.6 Å². The average molecular weight is 339 g/mol. The lowest BCUT2D eigenvalue weighted by Gasteiger charge is -2.27. The highest BCUT2D eigenvalue weighted by molar-refractivity contribution is 7.91. The van der Waals surface area contributed by atoms with Crippen molar-refractivity contribution in [2.24, 2.45) is 0 Å². The zero-order valence-electron chi connectivity index (χ0n) is 13.2. The number of rotatable bonds is 4. The molecule has 7 nitrogen and oxygen atoms in total. The number of urea groups is 1. The lowest BCUT2D eigenvalue weighted by Crippen LogP contribution is -2.43. The Morgan fingerprint density at radius 3 is 2.43 bits per heavy atom. The fraction of sp³-hybridized carbons (Fsp3) is 0.467. The Morgan fingerprint density at radius 1 is 1.26 bits per heavy atom. The molecular weight excluding hydrogens is 318 g/mol. The fourth-order valence-corrected chi connectivity index (χ4v) is 4.39. The van der Waals surface area contributed by atoms with Gasteiger partial charge in [-0.1, -0.05) is 6.07 Å². The number of carbonyl (C=O) groups is 2. The van der Waals surface area contributed by atoms with Gasteiger partial charge in [-0.25, -0.2) is 13.2 Å². The summed E-state index contributed by atoms with van der Waals surface area (Å²) in [5, 5.41) is 5.40. The predicted octanol–water partition coefficient (Wildman–Crippen LogP) is 1.69. The minimum absolute atomic E-state index is 0.0141. The third-order valence-corrected chi connectivity index (χ3v) is 5.44. The normalized spacial score (nSPS) is 19.1. The van der Waals surface area contributed by atoms with Crippen LogP contribution in [0.5, 0.6) is 0 Å². The highest BCUT2D eigenvalue weighted by atomic mass is 32.2.